The molecule has 0 amide bonds. The number of esters is 1. The third kappa shape index (κ3) is 4.32. The zero-order chi connectivity index (χ0) is 15.2. The molecule has 1 aliphatic heterocycles. The molecule has 1 saturated heterocycles. The number of furan rings is 1. The molecule has 118 valence electrons. The lowest BCUT2D eigenvalue weighted by Crippen LogP contribution is -2.45. The molecule has 0 saturated carbocycles. The van der Waals surface area contributed by atoms with Crippen molar-refractivity contribution in [3.8, 4) is 0 Å². The first-order valence-corrected chi connectivity index (χ1v) is 7.74. The van der Waals surface area contributed by atoms with Gasteiger partial charge in [0, 0.05) is 18.6 Å². The quantitative estimate of drug-likeness (QED) is 0.817. The van der Waals surface area contributed by atoms with Gasteiger partial charge in [-0.05, 0) is 39.3 Å². The Bertz CT molecular complexity index is 450. The van der Waals surface area contributed by atoms with Gasteiger partial charge in [-0.15, -0.1) is 0 Å². The molecule has 0 radical (unpaired) electrons. The number of rotatable bonds is 6. The van der Waals surface area contributed by atoms with Crippen molar-refractivity contribution in [1.82, 2.24) is 10.2 Å². The van der Waals surface area contributed by atoms with Gasteiger partial charge in [0.15, 0.2) is 0 Å². The summed E-state index contributed by atoms with van der Waals surface area (Å²) in [4.78, 5) is 14.1. The number of nitrogens with zero attached hydrogens (tertiary/aromatic N) is 1. The van der Waals surface area contributed by atoms with E-state index in [4.69, 9.17) is 9.15 Å². The van der Waals surface area contributed by atoms with Crippen molar-refractivity contribution in [2.45, 2.75) is 51.7 Å². The van der Waals surface area contributed by atoms with E-state index in [2.05, 4.69) is 24.1 Å². The minimum Gasteiger partial charge on any atom is -0.467 e. The highest BCUT2D eigenvalue weighted by atomic mass is 16.5. The molecule has 1 aliphatic rings. The summed E-state index contributed by atoms with van der Waals surface area (Å²) in [6.07, 6.45) is 5.32. The van der Waals surface area contributed by atoms with E-state index in [0.29, 0.717) is 30.0 Å². The molecule has 1 N–H and O–H groups in total. The Morgan fingerprint density at radius 3 is 2.95 bits per heavy atom. The molecule has 0 aromatic carbocycles. The van der Waals surface area contributed by atoms with Crippen LogP contribution in [0.1, 0.15) is 49.2 Å². The molecule has 0 spiro atoms. The van der Waals surface area contributed by atoms with E-state index in [1.165, 1.54) is 26.4 Å². The molecule has 0 bridgehead atoms. The van der Waals surface area contributed by atoms with Gasteiger partial charge < -0.3 is 14.5 Å². The lowest BCUT2D eigenvalue weighted by Gasteiger charge is -2.32. The van der Waals surface area contributed by atoms with Crippen LogP contribution in [0.2, 0.25) is 0 Å². The fourth-order valence-corrected chi connectivity index (χ4v) is 2.76. The van der Waals surface area contributed by atoms with Crippen LogP contribution in [-0.4, -0.2) is 43.2 Å². The highest BCUT2D eigenvalue weighted by Gasteiger charge is 2.22. The predicted octanol–water partition coefficient (Wildman–Crippen LogP) is 2.42. The highest BCUT2D eigenvalue weighted by Crippen LogP contribution is 2.18. The van der Waals surface area contributed by atoms with Gasteiger partial charge >= 0.3 is 5.97 Å². The maximum atomic E-state index is 11.7. The van der Waals surface area contributed by atoms with E-state index in [9.17, 15) is 4.79 Å². The fourth-order valence-electron chi connectivity index (χ4n) is 2.76. The molecule has 0 aliphatic carbocycles. The summed E-state index contributed by atoms with van der Waals surface area (Å²) >= 11 is 0. The van der Waals surface area contributed by atoms with Gasteiger partial charge in [0.05, 0.1) is 19.9 Å². The maximum Gasteiger partial charge on any atom is 0.341 e. The van der Waals surface area contributed by atoms with Gasteiger partial charge in [0.1, 0.15) is 11.3 Å². The Morgan fingerprint density at radius 2 is 2.33 bits per heavy atom. The van der Waals surface area contributed by atoms with Gasteiger partial charge in [-0.3, -0.25) is 4.90 Å². The van der Waals surface area contributed by atoms with Crippen LogP contribution in [0.25, 0.3) is 0 Å². The van der Waals surface area contributed by atoms with E-state index in [1.807, 2.05) is 0 Å². The molecule has 1 aromatic heterocycles. The minimum absolute atomic E-state index is 0.335. The number of hydrogen-bond acceptors (Lipinski definition) is 5. The zero-order valence-corrected chi connectivity index (χ0v) is 13.2. The highest BCUT2D eigenvalue weighted by molar-refractivity contribution is 5.90. The maximum absolute atomic E-state index is 11.7. The smallest absolute Gasteiger partial charge is 0.341 e. The molecule has 1 aromatic rings. The van der Waals surface area contributed by atoms with Crippen molar-refractivity contribution >= 4 is 5.97 Å². The summed E-state index contributed by atoms with van der Waals surface area (Å²) in [5.74, 6) is 0.351. The lowest BCUT2D eigenvalue weighted by atomic mass is 10.0. The average molecular weight is 294 g/mol. The molecule has 1 atom stereocenters. The first kappa shape index (κ1) is 16.0. The number of hydrogen-bond donors (Lipinski definition) is 1. The van der Waals surface area contributed by atoms with Crippen LogP contribution < -0.4 is 5.32 Å². The Balaban J connectivity index is 2.02. The second-order valence-corrected chi connectivity index (χ2v) is 5.92. The second-order valence-electron chi connectivity index (χ2n) is 5.92. The van der Waals surface area contributed by atoms with E-state index in [1.54, 1.807) is 12.3 Å². The summed E-state index contributed by atoms with van der Waals surface area (Å²) in [6.45, 7) is 7.05. The van der Waals surface area contributed by atoms with E-state index < -0.39 is 0 Å². The monoisotopic (exact) mass is 294 g/mol. The van der Waals surface area contributed by atoms with Crippen LogP contribution in [0.3, 0.4) is 0 Å². The number of nitrogens with one attached hydrogen (secondary N) is 1. The van der Waals surface area contributed by atoms with E-state index in [0.717, 1.165) is 13.1 Å². The van der Waals surface area contributed by atoms with Crippen molar-refractivity contribution in [3.63, 3.8) is 0 Å². The van der Waals surface area contributed by atoms with Gasteiger partial charge in [0.2, 0.25) is 0 Å². The second kappa shape index (κ2) is 7.61. The summed E-state index contributed by atoms with van der Waals surface area (Å²) in [7, 11) is 1.39. The topological polar surface area (TPSA) is 54.7 Å². The number of carbonyl (C=O) groups is 1. The molecular formula is C16H26N2O3. The number of methoxy groups -OCH3 is 1. The van der Waals surface area contributed by atoms with Crippen LogP contribution in [0.5, 0.6) is 0 Å². The van der Waals surface area contributed by atoms with Crippen molar-refractivity contribution in [3.05, 3.63) is 23.7 Å². The van der Waals surface area contributed by atoms with Crippen LogP contribution in [0.15, 0.2) is 16.7 Å². The van der Waals surface area contributed by atoms with E-state index in [-0.39, 0.29) is 5.97 Å². The summed E-state index contributed by atoms with van der Waals surface area (Å²) in [5, 5.41) is 3.57. The molecule has 1 fully saturated rings. The van der Waals surface area contributed by atoms with Crippen LogP contribution in [0, 0.1) is 0 Å². The van der Waals surface area contributed by atoms with Crippen molar-refractivity contribution in [2.75, 3.05) is 20.2 Å². The Labute approximate surface area is 126 Å². The van der Waals surface area contributed by atoms with Crippen LogP contribution in [-0.2, 0) is 11.3 Å². The SMILES string of the molecule is COC(=O)c1ccoc1CN(CC1CCCCN1)C(C)C. The van der Waals surface area contributed by atoms with Crippen LogP contribution >= 0.6 is 0 Å². The summed E-state index contributed by atoms with van der Waals surface area (Å²) in [6, 6.07) is 2.60. The van der Waals surface area contributed by atoms with Crippen molar-refractivity contribution in [1.29, 1.82) is 0 Å². The molecule has 2 heterocycles. The molecule has 5 heteroatoms. The minimum atomic E-state index is -0.335. The third-order valence-corrected chi connectivity index (χ3v) is 4.09. The number of carbonyl (C=O) groups excluding carboxylic acids is 1. The van der Waals surface area contributed by atoms with Crippen molar-refractivity contribution in [2.24, 2.45) is 0 Å². The first-order valence-electron chi connectivity index (χ1n) is 7.74. The third-order valence-electron chi connectivity index (χ3n) is 4.09. The number of ether oxygens (including phenoxy) is 1. The van der Waals surface area contributed by atoms with Crippen LogP contribution in [0.4, 0.5) is 0 Å². The standard InChI is InChI=1S/C16H26N2O3/c1-12(2)18(10-13-6-4-5-8-17-13)11-15-14(7-9-21-15)16(19)20-3/h7,9,12-13,17H,4-6,8,10-11H2,1-3H3. The number of piperidine rings is 1. The predicted molar refractivity (Wildman–Crippen MR) is 81.2 cm³/mol. The summed E-state index contributed by atoms with van der Waals surface area (Å²) < 4.78 is 10.3. The first-order chi connectivity index (χ1) is 10.1. The summed E-state index contributed by atoms with van der Waals surface area (Å²) in [5.41, 5.74) is 0.528. The van der Waals surface area contributed by atoms with Gasteiger partial charge in [-0.1, -0.05) is 6.42 Å². The Hall–Kier alpha value is -1.33. The molecule has 21 heavy (non-hydrogen) atoms. The lowest BCUT2D eigenvalue weighted by molar-refractivity contribution is 0.0595. The Morgan fingerprint density at radius 1 is 1.52 bits per heavy atom. The molecule has 5 nitrogen and oxygen atoms in total. The van der Waals surface area contributed by atoms with Gasteiger partial charge in [0.25, 0.3) is 0 Å². The van der Waals surface area contributed by atoms with Gasteiger partial charge in [-0.2, -0.15) is 0 Å². The Kier molecular flexibility index (Phi) is 5.82. The molecule has 2 rings (SSSR count). The fraction of sp³-hybridized carbons (Fsp3) is 0.688. The largest absolute Gasteiger partial charge is 0.467 e. The molecular weight excluding hydrogens is 268 g/mol. The normalized spacial score (nSPS) is 19.2. The average Bonchev–Trinajstić information content (AvgIpc) is 2.95. The molecule has 1 unspecified atom stereocenters. The van der Waals surface area contributed by atoms with Crippen molar-refractivity contribution < 1.29 is 13.9 Å². The van der Waals surface area contributed by atoms with Gasteiger partial charge in [-0.25, -0.2) is 4.79 Å². The zero-order valence-electron chi connectivity index (χ0n) is 13.2. The van der Waals surface area contributed by atoms with E-state index >= 15 is 0 Å².